The molecule has 112 valence electrons. The minimum atomic E-state index is -2.82. The van der Waals surface area contributed by atoms with Crippen LogP contribution in [-0.2, 0) is 4.79 Å². The molecule has 0 bridgehead atoms. The predicted octanol–water partition coefficient (Wildman–Crippen LogP) is 2.11. The lowest BCUT2D eigenvalue weighted by Gasteiger charge is -2.27. The van der Waals surface area contributed by atoms with Crippen LogP contribution in [0.3, 0.4) is 0 Å². The Balaban J connectivity index is 0.00000200. The van der Waals surface area contributed by atoms with Crippen molar-refractivity contribution < 1.29 is 18.3 Å². The molecule has 0 spiro atoms. The first-order valence-electron chi connectivity index (χ1n) is 6.12. The van der Waals surface area contributed by atoms with Gasteiger partial charge in [-0.05, 0) is 24.6 Å². The van der Waals surface area contributed by atoms with Gasteiger partial charge in [0, 0.05) is 13.1 Å². The van der Waals surface area contributed by atoms with Crippen molar-refractivity contribution in [2.24, 2.45) is 5.92 Å². The SMILES string of the molecule is CC(NC(=O)C1CNC1)c1ccc(OC(F)F)cc1.Cl. The molecular weight excluding hydrogens is 290 g/mol. The summed E-state index contributed by atoms with van der Waals surface area (Å²) in [5.41, 5.74) is 0.849. The van der Waals surface area contributed by atoms with Crippen molar-refractivity contribution in [2.45, 2.75) is 19.6 Å². The summed E-state index contributed by atoms with van der Waals surface area (Å²) >= 11 is 0. The van der Waals surface area contributed by atoms with Crippen LogP contribution < -0.4 is 15.4 Å². The Morgan fingerprint density at radius 3 is 2.40 bits per heavy atom. The highest BCUT2D eigenvalue weighted by molar-refractivity contribution is 5.85. The van der Waals surface area contributed by atoms with Crippen LogP contribution in [0.1, 0.15) is 18.5 Å². The van der Waals surface area contributed by atoms with Crippen molar-refractivity contribution in [2.75, 3.05) is 13.1 Å². The van der Waals surface area contributed by atoms with Crippen LogP contribution >= 0.6 is 12.4 Å². The molecule has 0 saturated carbocycles. The van der Waals surface area contributed by atoms with Crippen LogP contribution in [-0.4, -0.2) is 25.6 Å². The van der Waals surface area contributed by atoms with E-state index in [0.717, 1.165) is 5.56 Å². The molecule has 1 atom stereocenters. The van der Waals surface area contributed by atoms with E-state index in [-0.39, 0.29) is 36.0 Å². The molecule has 0 radical (unpaired) electrons. The van der Waals surface area contributed by atoms with E-state index in [1.54, 1.807) is 12.1 Å². The third-order valence-corrected chi connectivity index (χ3v) is 3.12. The number of halogens is 3. The van der Waals surface area contributed by atoms with Gasteiger partial charge in [0.15, 0.2) is 0 Å². The second-order valence-corrected chi connectivity index (χ2v) is 4.53. The molecule has 1 unspecified atom stereocenters. The fourth-order valence-electron chi connectivity index (χ4n) is 1.83. The van der Waals surface area contributed by atoms with Crippen LogP contribution in [0.5, 0.6) is 5.75 Å². The number of hydrogen-bond acceptors (Lipinski definition) is 3. The third-order valence-electron chi connectivity index (χ3n) is 3.12. The number of carbonyl (C=O) groups is 1. The van der Waals surface area contributed by atoms with Gasteiger partial charge in [-0.1, -0.05) is 12.1 Å². The van der Waals surface area contributed by atoms with Gasteiger partial charge in [0.1, 0.15) is 5.75 Å². The van der Waals surface area contributed by atoms with Gasteiger partial charge < -0.3 is 15.4 Å². The van der Waals surface area contributed by atoms with Crippen molar-refractivity contribution in [1.29, 1.82) is 0 Å². The van der Waals surface area contributed by atoms with E-state index in [4.69, 9.17) is 0 Å². The van der Waals surface area contributed by atoms with Gasteiger partial charge in [-0.15, -0.1) is 12.4 Å². The minimum Gasteiger partial charge on any atom is -0.435 e. The fraction of sp³-hybridized carbons (Fsp3) is 0.462. The second kappa shape index (κ2) is 7.40. The van der Waals surface area contributed by atoms with Crippen molar-refractivity contribution in [3.05, 3.63) is 29.8 Å². The van der Waals surface area contributed by atoms with Crippen molar-refractivity contribution >= 4 is 18.3 Å². The Labute approximate surface area is 122 Å². The van der Waals surface area contributed by atoms with Gasteiger partial charge in [-0.25, -0.2) is 0 Å². The van der Waals surface area contributed by atoms with E-state index in [0.29, 0.717) is 13.1 Å². The maximum atomic E-state index is 12.0. The van der Waals surface area contributed by atoms with Gasteiger partial charge in [0.05, 0.1) is 12.0 Å². The minimum absolute atomic E-state index is 0. The smallest absolute Gasteiger partial charge is 0.387 e. The van der Waals surface area contributed by atoms with Crippen LogP contribution in [0.25, 0.3) is 0 Å². The monoisotopic (exact) mass is 306 g/mol. The first kappa shape index (κ1) is 16.7. The normalized spacial score (nSPS) is 16.0. The average Bonchev–Trinajstić information content (AvgIpc) is 2.26. The van der Waals surface area contributed by atoms with Crippen molar-refractivity contribution in [3.63, 3.8) is 0 Å². The first-order chi connectivity index (χ1) is 9.06. The molecule has 1 aliphatic heterocycles. The number of carbonyl (C=O) groups excluding carboxylic acids is 1. The Morgan fingerprint density at radius 1 is 1.35 bits per heavy atom. The highest BCUT2D eigenvalue weighted by Gasteiger charge is 2.25. The summed E-state index contributed by atoms with van der Waals surface area (Å²) in [6.45, 7) is 0.445. The second-order valence-electron chi connectivity index (χ2n) is 4.53. The number of benzene rings is 1. The lowest BCUT2D eigenvalue weighted by atomic mass is 10.0. The summed E-state index contributed by atoms with van der Waals surface area (Å²) in [5, 5.41) is 5.92. The molecular formula is C13H17ClF2N2O2. The molecule has 1 heterocycles. The zero-order chi connectivity index (χ0) is 13.8. The van der Waals surface area contributed by atoms with E-state index >= 15 is 0 Å². The maximum Gasteiger partial charge on any atom is 0.387 e. The molecule has 0 aromatic heterocycles. The Kier molecular flexibility index (Phi) is 6.16. The molecule has 2 rings (SSSR count). The molecule has 1 fully saturated rings. The number of rotatable bonds is 5. The van der Waals surface area contributed by atoms with Crippen LogP contribution in [0, 0.1) is 5.92 Å². The zero-order valence-corrected chi connectivity index (χ0v) is 11.8. The average molecular weight is 307 g/mol. The number of nitrogens with one attached hydrogen (secondary N) is 2. The van der Waals surface area contributed by atoms with Gasteiger partial charge in [-0.3, -0.25) is 4.79 Å². The highest BCUT2D eigenvalue weighted by atomic mass is 35.5. The molecule has 20 heavy (non-hydrogen) atoms. The number of alkyl halides is 2. The summed E-state index contributed by atoms with van der Waals surface area (Å²) < 4.78 is 28.3. The van der Waals surface area contributed by atoms with E-state index in [1.165, 1.54) is 12.1 Å². The van der Waals surface area contributed by atoms with E-state index < -0.39 is 6.61 Å². The van der Waals surface area contributed by atoms with Crippen LogP contribution in [0.15, 0.2) is 24.3 Å². The molecule has 1 aliphatic rings. The topological polar surface area (TPSA) is 50.4 Å². The number of ether oxygens (including phenoxy) is 1. The standard InChI is InChI=1S/C13H16F2N2O2.ClH/c1-8(17-12(18)10-6-16-7-10)9-2-4-11(5-3-9)19-13(14)15;/h2-5,8,10,13,16H,6-7H2,1H3,(H,17,18);1H. The van der Waals surface area contributed by atoms with Crippen LogP contribution in [0.2, 0.25) is 0 Å². The molecule has 2 N–H and O–H groups in total. The molecule has 7 heteroatoms. The quantitative estimate of drug-likeness (QED) is 0.876. The lowest BCUT2D eigenvalue weighted by Crippen LogP contribution is -2.51. The summed E-state index contributed by atoms with van der Waals surface area (Å²) in [5.74, 6) is 0.156. The fourth-order valence-corrected chi connectivity index (χ4v) is 1.83. The summed E-state index contributed by atoms with van der Waals surface area (Å²) in [7, 11) is 0. The summed E-state index contributed by atoms with van der Waals surface area (Å²) in [4.78, 5) is 11.7. The Hall–Kier alpha value is -1.40. The maximum absolute atomic E-state index is 12.0. The van der Waals surface area contributed by atoms with Crippen LogP contribution in [0.4, 0.5) is 8.78 Å². The number of hydrogen-bond donors (Lipinski definition) is 2. The zero-order valence-electron chi connectivity index (χ0n) is 10.9. The summed E-state index contributed by atoms with van der Waals surface area (Å²) in [6.07, 6.45) is 0. The van der Waals surface area contributed by atoms with Gasteiger partial charge in [0.2, 0.25) is 5.91 Å². The van der Waals surface area contributed by atoms with E-state index in [2.05, 4.69) is 15.4 Å². The first-order valence-corrected chi connectivity index (χ1v) is 6.12. The van der Waals surface area contributed by atoms with E-state index in [9.17, 15) is 13.6 Å². The van der Waals surface area contributed by atoms with Gasteiger partial charge in [-0.2, -0.15) is 8.78 Å². The molecule has 1 aromatic carbocycles. The Morgan fingerprint density at radius 2 is 1.95 bits per heavy atom. The molecule has 1 aromatic rings. The highest BCUT2D eigenvalue weighted by Crippen LogP contribution is 2.19. The molecule has 1 amide bonds. The predicted molar refractivity (Wildman–Crippen MR) is 73.2 cm³/mol. The van der Waals surface area contributed by atoms with Crippen molar-refractivity contribution in [3.8, 4) is 5.75 Å². The third kappa shape index (κ3) is 4.31. The van der Waals surface area contributed by atoms with Crippen molar-refractivity contribution in [1.82, 2.24) is 10.6 Å². The largest absolute Gasteiger partial charge is 0.435 e. The van der Waals surface area contributed by atoms with E-state index in [1.807, 2.05) is 6.92 Å². The lowest BCUT2D eigenvalue weighted by molar-refractivity contribution is -0.127. The molecule has 4 nitrogen and oxygen atoms in total. The van der Waals surface area contributed by atoms with Gasteiger partial charge >= 0.3 is 6.61 Å². The molecule has 0 aliphatic carbocycles. The van der Waals surface area contributed by atoms with Gasteiger partial charge in [0.25, 0.3) is 0 Å². The Bertz CT molecular complexity index is 439. The molecule has 1 saturated heterocycles. The summed E-state index contributed by atoms with van der Waals surface area (Å²) in [6, 6.07) is 6.11. The number of amides is 1.